The van der Waals surface area contributed by atoms with Crippen molar-refractivity contribution < 1.29 is 5.11 Å². The molecule has 0 saturated heterocycles. The number of hydrogen-bond acceptors (Lipinski definition) is 2. The van der Waals surface area contributed by atoms with Crippen LogP contribution in [0.3, 0.4) is 0 Å². The Morgan fingerprint density at radius 2 is 2.25 bits per heavy atom. The fourth-order valence-electron chi connectivity index (χ4n) is 2.35. The number of nitrogens with one attached hydrogen (secondary N) is 1. The fraction of sp³-hybridized carbons (Fsp3) is 0.538. The average Bonchev–Trinajstić information content (AvgIpc) is 2.67. The quantitative estimate of drug-likeness (QED) is 0.891. The smallest absolute Gasteiger partial charge is 0.134 e. The Labute approximate surface area is 105 Å². The van der Waals surface area contributed by atoms with Crippen molar-refractivity contribution in [3.05, 3.63) is 28.2 Å². The lowest BCUT2D eigenvalue weighted by atomic mass is 10.1. The normalized spacial score (nSPS) is 24.9. The fourth-order valence-corrected chi connectivity index (χ4v) is 2.76. The molecule has 2 N–H and O–H groups in total. The molecule has 2 rings (SSSR count). The van der Waals surface area contributed by atoms with E-state index in [1.165, 1.54) is 19.3 Å². The van der Waals surface area contributed by atoms with Gasteiger partial charge in [-0.25, -0.2) is 0 Å². The molecule has 1 aromatic rings. The maximum absolute atomic E-state index is 9.84. The van der Waals surface area contributed by atoms with Crippen molar-refractivity contribution in [3.63, 3.8) is 0 Å². The number of benzene rings is 1. The third-order valence-electron chi connectivity index (χ3n) is 3.35. The van der Waals surface area contributed by atoms with E-state index in [9.17, 15) is 5.11 Å². The summed E-state index contributed by atoms with van der Waals surface area (Å²) in [7, 11) is 0. The molecule has 0 bridgehead atoms. The first kappa shape index (κ1) is 11.9. The van der Waals surface area contributed by atoms with Gasteiger partial charge in [-0.3, -0.25) is 0 Å². The van der Waals surface area contributed by atoms with Gasteiger partial charge >= 0.3 is 0 Å². The van der Waals surface area contributed by atoms with Crippen LogP contribution in [0.5, 0.6) is 5.75 Å². The maximum atomic E-state index is 9.84. The second kappa shape index (κ2) is 5.19. The van der Waals surface area contributed by atoms with Crippen molar-refractivity contribution in [2.45, 2.75) is 38.8 Å². The van der Waals surface area contributed by atoms with Crippen LogP contribution in [0.2, 0.25) is 0 Å². The Bertz CT molecular complexity index is 367. The minimum absolute atomic E-state index is 0.362. The zero-order valence-corrected chi connectivity index (χ0v) is 11.1. The monoisotopic (exact) mass is 283 g/mol. The molecule has 1 aromatic carbocycles. The van der Waals surface area contributed by atoms with Crippen LogP contribution in [-0.2, 0) is 6.54 Å². The van der Waals surface area contributed by atoms with Gasteiger partial charge in [0.1, 0.15) is 5.75 Å². The molecule has 88 valence electrons. The van der Waals surface area contributed by atoms with Crippen molar-refractivity contribution in [2.24, 2.45) is 5.92 Å². The summed E-state index contributed by atoms with van der Waals surface area (Å²) < 4.78 is 0.770. The van der Waals surface area contributed by atoms with Crippen LogP contribution >= 0.6 is 15.9 Å². The number of rotatable bonds is 3. The van der Waals surface area contributed by atoms with Gasteiger partial charge in [0.05, 0.1) is 4.47 Å². The third kappa shape index (κ3) is 2.77. The number of para-hydroxylation sites is 1. The molecule has 0 heterocycles. The van der Waals surface area contributed by atoms with E-state index in [0.717, 1.165) is 22.5 Å². The Morgan fingerprint density at radius 3 is 2.94 bits per heavy atom. The molecule has 1 fully saturated rings. The number of phenols is 1. The van der Waals surface area contributed by atoms with Crippen LogP contribution in [0.4, 0.5) is 0 Å². The molecular weight excluding hydrogens is 266 g/mol. The summed E-state index contributed by atoms with van der Waals surface area (Å²) in [5.41, 5.74) is 0.967. The molecule has 1 saturated carbocycles. The van der Waals surface area contributed by atoms with Gasteiger partial charge in [-0.1, -0.05) is 19.1 Å². The van der Waals surface area contributed by atoms with E-state index in [1.54, 1.807) is 0 Å². The predicted octanol–water partition coefficient (Wildman–Crippen LogP) is 3.43. The van der Waals surface area contributed by atoms with E-state index >= 15 is 0 Å². The van der Waals surface area contributed by atoms with Gasteiger partial charge < -0.3 is 10.4 Å². The molecule has 1 aliphatic carbocycles. The van der Waals surface area contributed by atoms with E-state index in [-0.39, 0.29) is 0 Å². The zero-order valence-electron chi connectivity index (χ0n) is 9.54. The second-order valence-corrected chi connectivity index (χ2v) is 5.60. The minimum Gasteiger partial charge on any atom is -0.506 e. The van der Waals surface area contributed by atoms with Crippen molar-refractivity contribution in [1.82, 2.24) is 5.32 Å². The highest BCUT2D eigenvalue weighted by molar-refractivity contribution is 9.10. The maximum Gasteiger partial charge on any atom is 0.134 e. The van der Waals surface area contributed by atoms with Crippen molar-refractivity contribution in [3.8, 4) is 5.75 Å². The van der Waals surface area contributed by atoms with E-state index < -0.39 is 0 Å². The molecule has 16 heavy (non-hydrogen) atoms. The summed E-state index contributed by atoms with van der Waals surface area (Å²) in [4.78, 5) is 0. The largest absolute Gasteiger partial charge is 0.506 e. The first-order chi connectivity index (χ1) is 7.66. The van der Waals surface area contributed by atoms with Crippen molar-refractivity contribution >= 4 is 15.9 Å². The summed E-state index contributed by atoms with van der Waals surface area (Å²) in [6, 6.07) is 6.40. The van der Waals surface area contributed by atoms with Crippen LogP contribution in [0.1, 0.15) is 31.7 Å². The van der Waals surface area contributed by atoms with Crippen LogP contribution < -0.4 is 5.32 Å². The molecule has 0 aliphatic heterocycles. The topological polar surface area (TPSA) is 32.3 Å². The Morgan fingerprint density at radius 1 is 1.44 bits per heavy atom. The van der Waals surface area contributed by atoms with Crippen LogP contribution in [0.25, 0.3) is 0 Å². The summed E-state index contributed by atoms with van der Waals surface area (Å²) in [5, 5.41) is 13.4. The van der Waals surface area contributed by atoms with Gasteiger partial charge in [0, 0.05) is 18.2 Å². The number of phenolic OH excluding ortho intramolecular Hbond substituents is 1. The van der Waals surface area contributed by atoms with Crippen LogP contribution in [0.15, 0.2) is 22.7 Å². The van der Waals surface area contributed by atoms with E-state index in [4.69, 9.17) is 0 Å². The Balaban J connectivity index is 1.92. The number of hydrogen-bond donors (Lipinski definition) is 2. The molecule has 0 radical (unpaired) electrons. The molecule has 0 aromatic heterocycles. The van der Waals surface area contributed by atoms with Gasteiger partial charge in [0.25, 0.3) is 0 Å². The predicted molar refractivity (Wildman–Crippen MR) is 69.4 cm³/mol. The number of aromatic hydroxyl groups is 1. The highest BCUT2D eigenvalue weighted by Gasteiger charge is 2.20. The Kier molecular flexibility index (Phi) is 3.87. The molecule has 1 aliphatic rings. The molecule has 2 atom stereocenters. The van der Waals surface area contributed by atoms with Gasteiger partial charge in [0.15, 0.2) is 0 Å². The standard InChI is InChI=1S/C13H18BrNO/c1-9-5-6-11(7-9)15-8-10-3-2-4-12(14)13(10)16/h2-4,9,11,15-16H,5-8H2,1H3. The molecule has 2 unspecified atom stereocenters. The van der Waals surface area contributed by atoms with Crippen LogP contribution in [0, 0.1) is 5.92 Å². The first-order valence-electron chi connectivity index (χ1n) is 5.86. The lowest BCUT2D eigenvalue weighted by Gasteiger charge is -2.13. The molecular formula is C13H18BrNO. The van der Waals surface area contributed by atoms with Gasteiger partial charge in [-0.05, 0) is 47.2 Å². The van der Waals surface area contributed by atoms with Crippen molar-refractivity contribution in [1.29, 1.82) is 0 Å². The lowest BCUT2D eigenvalue weighted by Crippen LogP contribution is -2.25. The highest BCUT2D eigenvalue weighted by Crippen LogP contribution is 2.29. The van der Waals surface area contributed by atoms with Crippen molar-refractivity contribution in [2.75, 3.05) is 0 Å². The first-order valence-corrected chi connectivity index (χ1v) is 6.66. The molecule has 0 amide bonds. The second-order valence-electron chi connectivity index (χ2n) is 4.74. The van der Waals surface area contributed by atoms with Gasteiger partial charge in [0.2, 0.25) is 0 Å². The SMILES string of the molecule is CC1CCC(NCc2cccc(Br)c2O)C1. The van der Waals surface area contributed by atoms with Gasteiger partial charge in [-0.2, -0.15) is 0 Å². The summed E-state index contributed by atoms with van der Waals surface area (Å²) in [6.45, 7) is 3.06. The van der Waals surface area contributed by atoms with E-state index in [0.29, 0.717) is 11.8 Å². The molecule has 3 heteroatoms. The summed E-state index contributed by atoms with van der Waals surface area (Å²) >= 11 is 3.33. The zero-order chi connectivity index (χ0) is 11.5. The number of halogens is 1. The Hall–Kier alpha value is -0.540. The van der Waals surface area contributed by atoms with Gasteiger partial charge in [-0.15, -0.1) is 0 Å². The third-order valence-corrected chi connectivity index (χ3v) is 3.99. The molecule has 0 spiro atoms. The molecule has 2 nitrogen and oxygen atoms in total. The average molecular weight is 284 g/mol. The minimum atomic E-state index is 0.362. The lowest BCUT2D eigenvalue weighted by molar-refractivity contribution is 0.450. The highest BCUT2D eigenvalue weighted by atomic mass is 79.9. The summed E-state index contributed by atoms with van der Waals surface area (Å²) in [6.07, 6.45) is 3.84. The van der Waals surface area contributed by atoms with E-state index in [1.807, 2.05) is 18.2 Å². The van der Waals surface area contributed by atoms with Crippen LogP contribution in [-0.4, -0.2) is 11.1 Å². The summed E-state index contributed by atoms with van der Waals surface area (Å²) in [5.74, 6) is 1.20. The van der Waals surface area contributed by atoms with E-state index in [2.05, 4.69) is 28.2 Å².